The average Bonchev–Trinajstić information content (AvgIpc) is 3.16. The van der Waals surface area contributed by atoms with Crippen LogP contribution in [0.2, 0.25) is 0 Å². The molecule has 0 radical (unpaired) electrons. The first-order valence-corrected chi connectivity index (χ1v) is 7.66. The smallest absolute Gasteiger partial charge is 0.143 e. The van der Waals surface area contributed by atoms with Crippen molar-refractivity contribution >= 4 is 11.3 Å². The molecular weight excluding hydrogens is 282 g/mol. The van der Waals surface area contributed by atoms with Gasteiger partial charge in [-0.05, 0) is 54.1 Å². The molecule has 0 amide bonds. The second-order valence-corrected chi connectivity index (χ2v) is 6.34. The zero-order valence-electron chi connectivity index (χ0n) is 12.0. The molecule has 2 heterocycles. The van der Waals surface area contributed by atoms with Gasteiger partial charge in [-0.1, -0.05) is 12.1 Å². The highest BCUT2D eigenvalue weighted by Gasteiger charge is 2.07. The minimum absolute atomic E-state index is 0.267. The van der Waals surface area contributed by atoms with E-state index in [1.165, 1.54) is 15.3 Å². The Kier molecular flexibility index (Phi) is 4.08. The van der Waals surface area contributed by atoms with E-state index in [1.807, 2.05) is 23.5 Å². The van der Waals surface area contributed by atoms with Crippen LogP contribution in [-0.4, -0.2) is 20.2 Å². The second kappa shape index (κ2) is 6.15. The Labute approximate surface area is 127 Å². The van der Waals surface area contributed by atoms with Crippen molar-refractivity contribution in [3.63, 3.8) is 0 Å². The third-order valence-electron chi connectivity index (χ3n) is 3.36. The Bertz CT molecular complexity index is 704. The van der Waals surface area contributed by atoms with E-state index in [-0.39, 0.29) is 6.04 Å². The van der Waals surface area contributed by atoms with Gasteiger partial charge in [0.1, 0.15) is 6.33 Å². The van der Waals surface area contributed by atoms with Gasteiger partial charge in [0.15, 0.2) is 0 Å². The van der Waals surface area contributed by atoms with Gasteiger partial charge < -0.3 is 5.32 Å². The zero-order chi connectivity index (χ0) is 14.7. The third kappa shape index (κ3) is 3.34. The van der Waals surface area contributed by atoms with Crippen LogP contribution in [0.5, 0.6) is 0 Å². The van der Waals surface area contributed by atoms with Crippen molar-refractivity contribution < 1.29 is 0 Å². The molecule has 1 N–H and O–H groups in total. The number of nitrogens with zero attached hydrogens (tertiary/aromatic N) is 4. The molecule has 0 spiro atoms. The van der Waals surface area contributed by atoms with Crippen molar-refractivity contribution in [2.45, 2.75) is 26.4 Å². The lowest BCUT2D eigenvalue weighted by Crippen LogP contribution is -2.17. The van der Waals surface area contributed by atoms with Crippen LogP contribution in [0.1, 0.15) is 28.3 Å². The number of thiophene rings is 1. The molecule has 6 heteroatoms. The number of benzene rings is 1. The molecule has 0 saturated carbocycles. The summed E-state index contributed by atoms with van der Waals surface area (Å²) in [5.74, 6) is 0. The van der Waals surface area contributed by atoms with Crippen LogP contribution in [0, 0.1) is 6.92 Å². The molecule has 2 aromatic heterocycles. The Balaban J connectivity index is 1.69. The normalized spacial score (nSPS) is 12.5. The van der Waals surface area contributed by atoms with Crippen molar-refractivity contribution in [3.8, 4) is 5.69 Å². The van der Waals surface area contributed by atoms with Crippen molar-refractivity contribution in [1.82, 2.24) is 25.5 Å². The van der Waals surface area contributed by atoms with E-state index >= 15 is 0 Å². The predicted molar refractivity (Wildman–Crippen MR) is 83.5 cm³/mol. The van der Waals surface area contributed by atoms with E-state index in [9.17, 15) is 0 Å². The van der Waals surface area contributed by atoms with Crippen molar-refractivity contribution in [1.29, 1.82) is 0 Å². The van der Waals surface area contributed by atoms with Gasteiger partial charge in [-0.2, -0.15) is 0 Å². The topological polar surface area (TPSA) is 55.6 Å². The number of aryl methyl sites for hydroxylation is 1. The minimum Gasteiger partial charge on any atom is -0.305 e. The molecule has 3 rings (SSSR count). The molecule has 0 fully saturated rings. The largest absolute Gasteiger partial charge is 0.305 e. The molecular formula is C15H17N5S. The van der Waals surface area contributed by atoms with Gasteiger partial charge in [0.05, 0.1) is 5.69 Å². The molecule has 0 aliphatic heterocycles. The summed E-state index contributed by atoms with van der Waals surface area (Å²) in [5.41, 5.74) is 2.19. The van der Waals surface area contributed by atoms with Crippen LogP contribution < -0.4 is 5.32 Å². The Morgan fingerprint density at radius 2 is 2.19 bits per heavy atom. The van der Waals surface area contributed by atoms with E-state index in [4.69, 9.17) is 0 Å². The van der Waals surface area contributed by atoms with E-state index < -0.39 is 0 Å². The van der Waals surface area contributed by atoms with Gasteiger partial charge in [-0.25, -0.2) is 4.68 Å². The Morgan fingerprint density at radius 3 is 2.90 bits per heavy atom. The standard InChI is InChI=1S/C15H17N5S/c1-11-6-7-15(21-11)9-16-12(2)13-4-3-5-14(8-13)20-10-17-18-19-20/h3-8,10,12,16H,9H2,1-2H3. The van der Waals surface area contributed by atoms with E-state index in [0.29, 0.717) is 0 Å². The van der Waals surface area contributed by atoms with Crippen LogP contribution in [0.3, 0.4) is 0 Å². The second-order valence-electron chi connectivity index (χ2n) is 4.96. The average molecular weight is 299 g/mol. The predicted octanol–water partition coefficient (Wildman–Crippen LogP) is 2.88. The van der Waals surface area contributed by atoms with Crippen molar-refractivity contribution in [2.24, 2.45) is 0 Å². The van der Waals surface area contributed by atoms with E-state index in [0.717, 1.165) is 12.2 Å². The molecule has 3 aromatic rings. The molecule has 1 unspecified atom stereocenters. The fourth-order valence-corrected chi connectivity index (χ4v) is 3.01. The highest BCUT2D eigenvalue weighted by atomic mass is 32.1. The molecule has 0 aliphatic rings. The first kappa shape index (κ1) is 13.9. The highest BCUT2D eigenvalue weighted by Crippen LogP contribution is 2.19. The van der Waals surface area contributed by atoms with Gasteiger partial charge in [0.25, 0.3) is 0 Å². The van der Waals surface area contributed by atoms with Crippen LogP contribution in [0.25, 0.3) is 5.69 Å². The first-order valence-electron chi connectivity index (χ1n) is 6.84. The monoisotopic (exact) mass is 299 g/mol. The van der Waals surface area contributed by atoms with Gasteiger partial charge in [-0.3, -0.25) is 0 Å². The van der Waals surface area contributed by atoms with Crippen LogP contribution >= 0.6 is 11.3 Å². The third-order valence-corrected chi connectivity index (χ3v) is 4.36. The maximum Gasteiger partial charge on any atom is 0.143 e. The lowest BCUT2D eigenvalue weighted by Gasteiger charge is -2.14. The van der Waals surface area contributed by atoms with Crippen LogP contribution in [-0.2, 0) is 6.54 Å². The SMILES string of the molecule is Cc1ccc(CNC(C)c2cccc(-n3cnnn3)c2)s1. The summed E-state index contributed by atoms with van der Waals surface area (Å²) in [4.78, 5) is 2.70. The van der Waals surface area contributed by atoms with Gasteiger partial charge in [0.2, 0.25) is 0 Å². The lowest BCUT2D eigenvalue weighted by molar-refractivity contribution is 0.578. The fraction of sp³-hybridized carbons (Fsp3) is 0.267. The number of hydrogen-bond donors (Lipinski definition) is 1. The molecule has 5 nitrogen and oxygen atoms in total. The molecule has 0 saturated heterocycles. The molecule has 0 bridgehead atoms. The van der Waals surface area contributed by atoms with Gasteiger partial charge in [-0.15, -0.1) is 16.4 Å². The van der Waals surface area contributed by atoms with E-state index in [1.54, 1.807) is 11.0 Å². The van der Waals surface area contributed by atoms with Gasteiger partial charge in [0, 0.05) is 22.3 Å². The number of hydrogen-bond acceptors (Lipinski definition) is 5. The number of rotatable bonds is 5. The maximum absolute atomic E-state index is 3.92. The first-order chi connectivity index (χ1) is 10.2. The summed E-state index contributed by atoms with van der Waals surface area (Å²) in [6.45, 7) is 5.18. The summed E-state index contributed by atoms with van der Waals surface area (Å²) in [6, 6.07) is 12.8. The fourth-order valence-electron chi connectivity index (χ4n) is 2.17. The summed E-state index contributed by atoms with van der Waals surface area (Å²) < 4.78 is 1.67. The van der Waals surface area contributed by atoms with Crippen LogP contribution in [0.4, 0.5) is 0 Å². The lowest BCUT2D eigenvalue weighted by atomic mass is 10.1. The quantitative estimate of drug-likeness (QED) is 0.787. The molecule has 1 atom stereocenters. The number of aromatic nitrogens is 4. The maximum atomic E-state index is 3.92. The number of tetrazole rings is 1. The molecule has 21 heavy (non-hydrogen) atoms. The molecule has 0 aliphatic carbocycles. The molecule has 1 aromatic carbocycles. The van der Waals surface area contributed by atoms with E-state index in [2.05, 4.69) is 59.0 Å². The van der Waals surface area contributed by atoms with Gasteiger partial charge >= 0.3 is 0 Å². The Hall–Kier alpha value is -2.05. The molecule has 108 valence electrons. The van der Waals surface area contributed by atoms with Crippen molar-refractivity contribution in [3.05, 3.63) is 58.0 Å². The minimum atomic E-state index is 0.267. The Morgan fingerprint density at radius 1 is 1.29 bits per heavy atom. The zero-order valence-corrected chi connectivity index (χ0v) is 12.8. The summed E-state index contributed by atoms with van der Waals surface area (Å²) in [6.07, 6.45) is 1.60. The van der Waals surface area contributed by atoms with Crippen molar-refractivity contribution in [2.75, 3.05) is 0 Å². The number of nitrogens with one attached hydrogen (secondary N) is 1. The summed E-state index contributed by atoms with van der Waals surface area (Å²) in [5, 5.41) is 14.8. The van der Waals surface area contributed by atoms with Crippen LogP contribution in [0.15, 0.2) is 42.7 Å². The summed E-state index contributed by atoms with van der Waals surface area (Å²) in [7, 11) is 0. The summed E-state index contributed by atoms with van der Waals surface area (Å²) >= 11 is 1.83. The highest BCUT2D eigenvalue weighted by molar-refractivity contribution is 7.11.